The van der Waals surface area contributed by atoms with Gasteiger partial charge in [-0.25, -0.2) is 0 Å². The van der Waals surface area contributed by atoms with E-state index < -0.39 is 0 Å². The first kappa shape index (κ1) is 10.4. The van der Waals surface area contributed by atoms with E-state index in [1.165, 1.54) is 12.8 Å². The van der Waals surface area contributed by atoms with E-state index in [0.717, 1.165) is 30.1 Å². The maximum atomic E-state index is 5.80. The van der Waals surface area contributed by atoms with Gasteiger partial charge in [0.05, 0.1) is 0 Å². The molecular formula is C13H17N3O. The fraction of sp³-hybridized carbons (Fsp3) is 0.462. The van der Waals surface area contributed by atoms with E-state index in [1.54, 1.807) is 0 Å². The Hall–Kier alpha value is -1.71. The predicted octanol–water partition coefficient (Wildman–Crippen LogP) is 2.79. The monoisotopic (exact) mass is 231 g/mol. The highest BCUT2D eigenvalue weighted by atomic mass is 16.4. The molecule has 90 valence electrons. The Morgan fingerprint density at radius 2 is 2.29 bits per heavy atom. The molecule has 1 aliphatic rings. The summed E-state index contributed by atoms with van der Waals surface area (Å²) in [7, 11) is 0. The van der Waals surface area contributed by atoms with Gasteiger partial charge in [0.25, 0.3) is 6.01 Å². The molecule has 3 rings (SSSR count). The van der Waals surface area contributed by atoms with Gasteiger partial charge in [-0.15, -0.1) is 0 Å². The summed E-state index contributed by atoms with van der Waals surface area (Å²) < 4.78 is 5.80. The first-order valence-corrected chi connectivity index (χ1v) is 6.20. The molecule has 2 N–H and O–H groups in total. The van der Waals surface area contributed by atoms with Crippen LogP contribution in [0.4, 0.5) is 11.7 Å². The van der Waals surface area contributed by atoms with Crippen molar-refractivity contribution in [2.45, 2.75) is 32.2 Å². The van der Waals surface area contributed by atoms with E-state index in [0.29, 0.717) is 11.7 Å². The maximum absolute atomic E-state index is 5.80. The first-order valence-electron chi connectivity index (χ1n) is 6.20. The van der Waals surface area contributed by atoms with Gasteiger partial charge in [-0.3, -0.25) is 0 Å². The highest BCUT2D eigenvalue weighted by Gasteiger charge is 2.31. The highest BCUT2D eigenvalue weighted by molar-refractivity contribution is 5.78. The lowest BCUT2D eigenvalue weighted by molar-refractivity contribution is 0.561. The van der Waals surface area contributed by atoms with E-state index in [4.69, 9.17) is 10.2 Å². The minimum absolute atomic E-state index is 0.625. The molecule has 0 bridgehead atoms. The molecule has 4 nitrogen and oxygen atoms in total. The summed E-state index contributed by atoms with van der Waals surface area (Å²) in [5.74, 6) is 0. The van der Waals surface area contributed by atoms with Gasteiger partial charge < -0.3 is 15.1 Å². The van der Waals surface area contributed by atoms with Crippen LogP contribution in [0.25, 0.3) is 11.1 Å². The molecule has 0 atom stereocenters. The van der Waals surface area contributed by atoms with E-state index in [-0.39, 0.29) is 0 Å². The average Bonchev–Trinajstić information content (AvgIpc) is 3.05. The first-order chi connectivity index (χ1) is 8.28. The molecular weight excluding hydrogens is 214 g/mol. The summed E-state index contributed by atoms with van der Waals surface area (Å²) in [6, 6.07) is 6.98. The van der Waals surface area contributed by atoms with Gasteiger partial charge in [0.1, 0.15) is 5.52 Å². The molecule has 0 radical (unpaired) electrons. The van der Waals surface area contributed by atoms with Crippen molar-refractivity contribution in [2.75, 3.05) is 17.2 Å². The normalized spacial score (nSPS) is 15.4. The lowest BCUT2D eigenvalue weighted by Gasteiger charge is -2.18. The Labute approximate surface area is 100 Å². The van der Waals surface area contributed by atoms with Crippen molar-refractivity contribution in [1.82, 2.24) is 4.98 Å². The predicted molar refractivity (Wildman–Crippen MR) is 69.1 cm³/mol. The number of rotatable bonds is 4. The lowest BCUT2D eigenvalue weighted by atomic mass is 10.3. The quantitative estimate of drug-likeness (QED) is 0.822. The van der Waals surface area contributed by atoms with Gasteiger partial charge in [-0.05, 0) is 31.4 Å². The minimum Gasteiger partial charge on any atom is -0.423 e. The second kappa shape index (κ2) is 3.95. The van der Waals surface area contributed by atoms with Gasteiger partial charge in [0.2, 0.25) is 0 Å². The minimum atomic E-state index is 0.625. The zero-order valence-electron chi connectivity index (χ0n) is 10.0. The van der Waals surface area contributed by atoms with Crippen molar-refractivity contribution in [1.29, 1.82) is 0 Å². The smallest absolute Gasteiger partial charge is 0.298 e. The van der Waals surface area contributed by atoms with Gasteiger partial charge >= 0.3 is 0 Å². The van der Waals surface area contributed by atoms with Crippen LogP contribution in [0.2, 0.25) is 0 Å². The van der Waals surface area contributed by atoms with Crippen LogP contribution in [0.15, 0.2) is 22.6 Å². The van der Waals surface area contributed by atoms with Crippen LogP contribution in [-0.2, 0) is 0 Å². The fourth-order valence-corrected chi connectivity index (χ4v) is 2.11. The summed E-state index contributed by atoms with van der Waals surface area (Å²) in [6.07, 6.45) is 3.61. The maximum Gasteiger partial charge on any atom is 0.298 e. The number of nitrogen functional groups attached to an aromatic ring is 1. The molecule has 1 saturated carbocycles. The van der Waals surface area contributed by atoms with Crippen molar-refractivity contribution in [3.8, 4) is 0 Å². The summed E-state index contributed by atoms with van der Waals surface area (Å²) in [4.78, 5) is 6.81. The number of hydrogen-bond donors (Lipinski definition) is 1. The fourth-order valence-electron chi connectivity index (χ4n) is 2.11. The molecule has 1 aromatic heterocycles. The van der Waals surface area contributed by atoms with Crippen LogP contribution in [0.1, 0.15) is 26.2 Å². The molecule has 1 fully saturated rings. The number of hydrogen-bond acceptors (Lipinski definition) is 4. The van der Waals surface area contributed by atoms with E-state index in [9.17, 15) is 0 Å². The van der Waals surface area contributed by atoms with Gasteiger partial charge in [-0.2, -0.15) is 4.98 Å². The third-order valence-corrected chi connectivity index (χ3v) is 3.10. The number of nitrogens with two attached hydrogens (primary N) is 1. The molecule has 0 amide bonds. The molecule has 1 heterocycles. The average molecular weight is 231 g/mol. The second-order valence-corrected chi connectivity index (χ2v) is 4.65. The zero-order valence-corrected chi connectivity index (χ0v) is 10.0. The number of nitrogens with zero attached hydrogens (tertiary/aromatic N) is 2. The Bertz CT molecular complexity index is 530. The molecule has 2 aromatic rings. The second-order valence-electron chi connectivity index (χ2n) is 4.65. The molecule has 17 heavy (non-hydrogen) atoms. The van der Waals surface area contributed by atoms with Crippen molar-refractivity contribution >= 4 is 22.8 Å². The lowest BCUT2D eigenvalue weighted by Crippen LogP contribution is -2.26. The molecule has 1 aromatic carbocycles. The van der Waals surface area contributed by atoms with Crippen molar-refractivity contribution in [3.05, 3.63) is 18.2 Å². The molecule has 1 aliphatic carbocycles. The van der Waals surface area contributed by atoms with E-state index >= 15 is 0 Å². The highest BCUT2D eigenvalue weighted by Crippen LogP contribution is 2.33. The largest absolute Gasteiger partial charge is 0.423 e. The van der Waals surface area contributed by atoms with E-state index in [1.807, 2.05) is 18.2 Å². The van der Waals surface area contributed by atoms with E-state index in [2.05, 4.69) is 16.8 Å². The summed E-state index contributed by atoms with van der Waals surface area (Å²) in [5, 5.41) is 0. The van der Waals surface area contributed by atoms with Crippen LogP contribution in [-0.4, -0.2) is 17.6 Å². The van der Waals surface area contributed by atoms with Gasteiger partial charge in [0.15, 0.2) is 5.58 Å². The van der Waals surface area contributed by atoms with Crippen LogP contribution < -0.4 is 10.6 Å². The van der Waals surface area contributed by atoms with Crippen LogP contribution >= 0.6 is 0 Å². The molecule has 4 heteroatoms. The molecule has 0 spiro atoms. The van der Waals surface area contributed by atoms with Crippen LogP contribution in [0, 0.1) is 0 Å². The Balaban J connectivity index is 1.98. The van der Waals surface area contributed by atoms with Crippen molar-refractivity contribution < 1.29 is 4.42 Å². The number of aromatic nitrogens is 1. The number of fused-ring (bicyclic) bond motifs is 1. The Kier molecular flexibility index (Phi) is 2.42. The summed E-state index contributed by atoms with van der Waals surface area (Å²) >= 11 is 0. The SMILES string of the molecule is CCCN(c1nc2ccc(N)cc2o1)C1CC1. The Morgan fingerprint density at radius 3 is 3.00 bits per heavy atom. The van der Waals surface area contributed by atoms with Crippen molar-refractivity contribution in [2.24, 2.45) is 0 Å². The van der Waals surface area contributed by atoms with Gasteiger partial charge in [-0.1, -0.05) is 6.92 Å². The number of anilines is 2. The van der Waals surface area contributed by atoms with Crippen LogP contribution in [0.3, 0.4) is 0 Å². The third-order valence-electron chi connectivity index (χ3n) is 3.10. The Morgan fingerprint density at radius 1 is 1.47 bits per heavy atom. The summed E-state index contributed by atoms with van der Waals surface area (Å²) in [5.41, 5.74) is 8.12. The van der Waals surface area contributed by atoms with Crippen LogP contribution in [0.5, 0.6) is 0 Å². The molecule has 0 unspecified atom stereocenters. The number of oxazole rings is 1. The summed E-state index contributed by atoms with van der Waals surface area (Å²) in [6.45, 7) is 3.18. The van der Waals surface area contributed by atoms with Crippen molar-refractivity contribution in [3.63, 3.8) is 0 Å². The topological polar surface area (TPSA) is 55.3 Å². The molecule has 0 saturated heterocycles. The molecule has 0 aliphatic heterocycles. The third kappa shape index (κ3) is 1.95. The number of benzene rings is 1. The standard InChI is InChI=1S/C13H17N3O/c1-2-7-16(10-4-5-10)13-15-11-6-3-9(14)8-12(11)17-13/h3,6,8,10H,2,4-5,7,14H2,1H3. The zero-order chi connectivity index (χ0) is 11.8. The van der Waals surface area contributed by atoms with Gasteiger partial charge in [0, 0.05) is 24.3 Å².